The summed E-state index contributed by atoms with van der Waals surface area (Å²) in [5.74, 6) is -2.67. The minimum atomic E-state index is -1.51. The average Bonchev–Trinajstić information content (AvgIpc) is 3.06. The van der Waals surface area contributed by atoms with Crippen molar-refractivity contribution in [2.24, 2.45) is 5.92 Å². The van der Waals surface area contributed by atoms with Gasteiger partial charge < -0.3 is 43.0 Å². The molecule has 2 saturated heterocycles. The highest BCUT2D eigenvalue weighted by atomic mass is 16.8. The van der Waals surface area contributed by atoms with Crippen molar-refractivity contribution in [3.05, 3.63) is 95.6 Å². The van der Waals surface area contributed by atoms with E-state index in [0.717, 1.165) is 27.8 Å². The molecule has 9 heteroatoms. The molecule has 1 N–H and O–H groups in total. The molecule has 1 unspecified atom stereocenters. The summed E-state index contributed by atoms with van der Waals surface area (Å²) in [7, 11) is 3.21. The lowest BCUT2D eigenvalue weighted by Gasteiger charge is -2.60. The van der Waals surface area contributed by atoms with Crippen LogP contribution in [-0.2, 0) is 56.1 Å². The average molecular weight is 607 g/mol. The molecule has 3 aliphatic rings. The van der Waals surface area contributed by atoms with E-state index in [0.29, 0.717) is 12.5 Å². The summed E-state index contributed by atoms with van der Waals surface area (Å²) in [6.45, 7) is 5.12. The molecule has 0 radical (unpaired) electrons. The van der Waals surface area contributed by atoms with E-state index >= 15 is 0 Å². The van der Waals surface area contributed by atoms with Crippen molar-refractivity contribution in [2.75, 3.05) is 40.6 Å². The number of hydrogen-bond donors (Lipinski definition) is 1. The van der Waals surface area contributed by atoms with Gasteiger partial charge in [0, 0.05) is 32.0 Å². The second-order valence-corrected chi connectivity index (χ2v) is 11.7. The third kappa shape index (κ3) is 5.40. The van der Waals surface area contributed by atoms with Crippen molar-refractivity contribution in [1.82, 2.24) is 0 Å². The van der Waals surface area contributed by atoms with E-state index in [-0.39, 0.29) is 26.4 Å². The number of rotatable bonds is 12. The monoisotopic (exact) mass is 606 g/mol. The number of aliphatic hydroxyl groups excluding tert-OH is 1. The Bertz CT molecular complexity index is 1380. The van der Waals surface area contributed by atoms with E-state index in [9.17, 15) is 5.11 Å². The minimum Gasteiger partial charge on any atom is -0.394 e. The third-order valence-electron chi connectivity index (χ3n) is 8.45. The van der Waals surface area contributed by atoms with Gasteiger partial charge in [-0.05, 0) is 22.6 Å². The van der Waals surface area contributed by atoms with E-state index in [1.165, 1.54) is 0 Å². The Kier molecular flexibility index (Phi) is 9.49. The summed E-state index contributed by atoms with van der Waals surface area (Å²) >= 11 is 0. The summed E-state index contributed by atoms with van der Waals surface area (Å²) in [6, 6.07) is 25.8. The molecule has 2 heterocycles. The Hall–Kier alpha value is -2.70. The molecule has 0 amide bonds. The van der Waals surface area contributed by atoms with Crippen LogP contribution < -0.4 is 0 Å². The van der Waals surface area contributed by atoms with Gasteiger partial charge in [0.2, 0.25) is 0 Å². The second kappa shape index (κ2) is 13.3. The van der Waals surface area contributed by atoms with Gasteiger partial charge in [-0.1, -0.05) is 92.7 Å². The first kappa shape index (κ1) is 31.3. The van der Waals surface area contributed by atoms with E-state index in [1.54, 1.807) is 14.2 Å². The first-order chi connectivity index (χ1) is 21.5. The highest BCUT2D eigenvalue weighted by molar-refractivity contribution is 5.76. The molecule has 0 spiro atoms. The molecule has 0 aromatic heterocycles. The Morgan fingerprint density at radius 2 is 1.36 bits per heavy atom. The summed E-state index contributed by atoms with van der Waals surface area (Å²) in [5, 5.41) is 9.65. The molecule has 1 aliphatic carbocycles. The van der Waals surface area contributed by atoms with Gasteiger partial charge in [-0.25, -0.2) is 0 Å². The van der Waals surface area contributed by atoms with Crippen LogP contribution in [0.2, 0.25) is 0 Å². The van der Waals surface area contributed by atoms with Crippen LogP contribution in [0.1, 0.15) is 30.5 Å². The molecule has 3 aromatic carbocycles. The smallest absolute Gasteiger partial charge is 0.256 e. The first-order valence-electron chi connectivity index (χ1n) is 15.2. The Morgan fingerprint density at radius 3 is 1.95 bits per heavy atom. The molecule has 9 nitrogen and oxygen atoms in total. The topological polar surface area (TPSA) is 94.1 Å². The SMILES string of the molecule is CO[C@@]12O[C@H]3[C@H](O[C@@]1(OC)c1ccccc1-c1ccccc12)[C@@H](COCC(C)C)OC(OCCO)[C@H]3OCc1ccccc1. The number of benzene rings is 3. The van der Waals surface area contributed by atoms with E-state index in [2.05, 4.69) is 19.9 Å². The van der Waals surface area contributed by atoms with Gasteiger partial charge in [-0.3, -0.25) is 0 Å². The van der Waals surface area contributed by atoms with Gasteiger partial charge in [0.1, 0.15) is 24.4 Å². The molecule has 44 heavy (non-hydrogen) atoms. The van der Waals surface area contributed by atoms with Crippen molar-refractivity contribution in [2.45, 2.75) is 62.7 Å². The molecule has 2 fully saturated rings. The second-order valence-electron chi connectivity index (χ2n) is 11.7. The molecule has 6 rings (SSSR count). The first-order valence-corrected chi connectivity index (χ1v) is 15.2. The Balaban J connectivity index is 1.46. The normalized spacial score (nSPS) is 30.7. The van der Waals surface area contributed by atoms with Gasteiger partial charge >= 0.3 is 0 Å². The van der Waals surface area contributed by atoms with Crippen molar-refractivity contribution in [3.8, 4) is 11.1 Å². The van der Waals surface area contributed by atoms with Crippen LogP contribution in [0.3, 0.4) is 0 Å². The largest absolute Gasteiger partial charge is 0.394 e. The molecule has 0 saturated carbocycles. The molecule has 0 bridgehead atoms. The van der Waals surface area contributed by atoms with Crippen molar-refractivity contribution < 1.29 is 43.0 Å². The summed E-state index contributed by atoms with van der Waals surface area (Å²) in [4.78, 5) is 0. The fraction of sp³-hybridized carbons (Fsp3) is 0.486. The Morgan fingerprint density at radius 1 is 0.773 bits per heavy atom. The van der Waals surface area contributed by atoms with E-state index < -0.39 is 42.3 Å². The molecule has 236 valence electrons. The maximum absolute atomic E-state index is 9.65. The molecule has 7 atom stereocenters. The van der Waals surface area contributed by atoms with Gasteiger partial charge in [0.05, 0.1) is 26.4 Å². The van der Waals surface area contributed by atoms with Crippen molar-refractivity contribution in [3.63, 3.8) is 0 Å². The van der Waals surface area contributed by atoms with Gasteiger partial charge in [-0.2, -0.15) is 0 Å². The predicted molar refractivity (Wildman–Crippen MR) is 161 cm³/mol. The van der Waals surface area contributed by atoms with Crippen molar-refractivity contribution >= 4 is 0 Å². The minimum absolute atomic E-state index is 0.0569. The third-order valence-corrected chi connectivity index (χ3v) is 8.45. The van der Waals surface area contributed by atoms with Gasteiger partial charge in [0.25, 0.3) is 11.6 Å². The summed E-state index contributed by atoms with van der Waals surface area (Å²) < 4.78 is 52.4. The van der Waals surface area contributed by atoms with Crippen LogP contribution in [-0.4, -0.2) is 76.5 Å². The predicted octanol–water partition coefficient (Wildman–Crippen LogP) is 4.74. The zero-order chi connectivity index (χ0) is 30.7. The number of fused-ring (bicyclic) bond motifs is 7. The zero-order valence-corrected chi connectivity index (χ0v) is 25.7. The molecular formula is C35H42O9. The lowest BCUT2D eigenvalue weighted by atomic mass is 9.75. The van der Waals surface area contributed by atoms with Gasteiger partial charge in [0.15, 0.2) is 6.29 Å². The molecule has 2 aliphatic heterocycles. The van der Waals surface area contributed by atoms with Crippen LogP contribution >= 0.6 is 0 Å². The van der Waals surface area contributed by atoms with Crippen molar-refractivity contribution in [1.29, 1.82) is 0 Å². The van der Waals surface area contributed by atoms with Crippen LogP contribution in [0.25, 0.3) is 11.1 Å². The highest BCUT2D eigenvalue weighted by Crippen LogP contribution is 2.60. The number of ether oxygens (including phenoxy) is 8. The maximum Gasteiger partial charge on any atom is 0.256 e. The molecule has 3 aromatic rings. The fourth-order valence-corrected chi connectivity index (χ4v) is 6.57. The lowest BCUT2D eigenvalue weighted by Crippen LogP contribution is -2.73. The number of methoxy groups -OCH3 is 2. The quantitative estimate of drug-likeness (QED) is 0.314. The maximum atomic E-state index is 9.65. The van der Waals surface area contributed by atoms with E-state index in [4.69, 9.17) is 37.9 Å². The van der Waals surface area contributed by atoms with Gasteiger partial charge in [-0.15, -0.1) is 0 Å². The van der Waals surface area contributed by atoms with Crippen LogP contribution in [0, 0.1) is 5.92 Å². The number of aliphatic hydroxyl groups is 1. The van der Waals surface area contributed by atoms with Crippen LogP contribution in [0.15, 0.2) is 78.9 Å². The highest BCUT2D eigenvalue weighted by Gasteiger charge is 2.70. The van der Waals surface area contributed by atoms with E-state index in [1.807, 2.05) is 72.8 Å². The molecular weight excluding hydrogens is 564 g/mol. The van der Waals surface area contributed by atoms with Crippen LogP contribution in [0.5, 0.6) is 0 Å². The zero-order valence-electron chi connectivity index (χ0n) is 25.7. The van der Waals surface area contributed by atoms with Crippen LogP contribution in [0.4, 0.5) is 0 Å². The number of hydrogen-bond acceptors (Lipinski definition) is 9. The summed E-state index contributed by atoms with van der Waals surface area (Å²) in [5.41, 5.74) is 4.45. The fourth-order valence-electron chi connectivity index (χ4n) is 6.57. The summed E-state index contributed by atoms with van der Waals surface area (Å²) in [6.07, 6.45) is -3.66. The standard InChI is InChI=1S/C35H42O9/c1-23(2)20-39-22-29-30-31(32(33(42-29)40-19-18-36)41-21-24-12-6-5-7-13-24)44-35(38-4)28-17-11-9-15-26(28)25-14-8-10-16-27(25)34(35,37-3)43-30/h5-17,23,29-33,36H,18-22H2,1-4H3/t29-,30-,31+,32+,33?,34+,35+/m1/s1. The lowest BCUT2D eigenvalue weighted by molar-refractivity contribution is -0.507. The Labute approximate surface area is 258 Å².